The van der Waals surface area contributed by atoms with Crippen LogP contribution in [0.3, 0.4) is 0 Å². The fourth-order valence-corrected chi connectivity index (χ4v) is 5.05. The zero-order valence-electron chi connectivity index (χ0n) is 18.3. The molecule has 4 rings (SSSR count). The van der Waals surface area contributed by atoms with E-state index >= 15 is 0 Å². The Morgan fingerprint density at radius 2 is 2.16 bits per heavy atom. The van der Waals surface area contributed by atoms with E-state index in [4.69, 9.17) is 17.0 Å². The number of hydrogen-bond donors (Lipinski definition) is 4. The number of allylic oxidation sites excluding steroid dienone is 1. The molecule has 1 saturated heterocycles. The van der Waals surface area contributed by atoms with Crippen molar-refractivity contribution < 1.29 is 14.6 Å². The first-order valence-corrected chi connectivity index (χ1v) is 11.6. The van der Waals surface area contributed by atoms with E-state index in [1.165, 1.54) is 19.7 Å². The third-order valence-corrected chi connectivity index (χ3v) is 7.02. The van der Waals surface area contributed by atoms with Gasteiger partial charge in [0.05, 0.1) is 13.3 Å². The molecule has 0 radical (unpaired) electrons. The van der Waals surface area contributed by atoms with Crippen LogP contribution in [0.1, 0.15) is 37.7 Å². The first-order valence-electron chi connectivity index (χ1n) is 11.2. The van der Waals surface area contributed by atoms with Crippen LogP contribution in [0.15, 0.2) is 35.5 Å². The second kappa shape index (κ2) is 10.3. The predicted molar refractivity (Wildman–Crippen MR) is 127 cm³/mol. The molecule has 0 unspecified atom stereocenters. The fourth-order valence-electron chi connectivity index (χ4n) is 4.81. The summed E-state index contributed by atoms with van der Waals surface area (Å²) in [4.78, 5) is 14.7. The number of para-hydroxylation sites is 1. The van der Waals surface area contributed by atoms with Crippen LogP contribution in [0, 0.1) is 17.8 Å². The summed E-state index contributed by atoms with van der Waals surface area (Å²) >= 11 is 5.59. The molecule has 1 aromatic rings. The summed E-state index contributed by atoms with van der Waals surface area (Å²) in [6.07, 6.45) is 10.8. The number of methoxy groups -OCH3 is 1. The van der Waals surface area contributed by atoms with Crippen molar-refractivity contribution in [3.8, 4) is 11.5 Å². The maximum Gasteiger partial charge on any atom is 0.243 e. The molecule has 1 aromatic carbocycles. The van der Waals surface area contributed by atoms with Crippen molar-refractivity contribution in [2.24, 2.45) is 22.9 Å². The van der Waals surface area contributed by atoms with Gasteiger partial charge in [0, 0.05) is 30.6 Å². The number of nitrogens with one attached hydrogen (secondary N) is 3. The minimum absolute atomic E-state index is 0.00539. The highest BCUT2D eigenvalue weighted by Crippen LogP contribution is 2.38. The molecule has 9 heteroatoms. The minimum atomic E-state index is -0.123. The third-order valence-electron chi connectivity index (χ3n) is 6.66. The standard InChI is InChI=1S/C23H31N5O3S/c1-31-20-6-2-4-18(21(20)29)14-24-26-22(30)16-5-3-10-28(11-9-16)23(32)27-25-19-13-15-7-8-17(19)12-15/h2,4,6-8,14-17,19,25,29H,3,5,9-13H2,1H3,(H,26,30)(H,27,32)/b24-14-/t15-,16-,17-,19+/m1/s1. The quantitative estimate of drug-likeness (QED) is 0.225. The van der Waals surface area contributed by atoms with Crippen molar-refractivity contribution in [2.75, 3.05) is 20.2 Å². The van der Waals surface area contributed by atoms with Crippen LogP contribution in [-0.4, -0.2) is 53.5 Å². The molecule has 0 aromatic heterocycles. The van der Waals surface area contributed by atoms with Crippen molar-refractivity contribution in [3.05, 3.63) is 35.9 Å². The zero-order chi connectivity index (χ0) is 22.5. The molecule has 1 heterocycles. The maximum absolute atomic E-state index is 12.6. The molecule has 1 aliphatic heterocycles. The van der Waals surface area contributed by atoms with E-state index < -0.39 is 0 Å². The molecular formula is C23H31N5O3S. The summed E-state index contributed by atoms with van der Waals surface area (Å²) in [5, 5.41) is 14.8. The van der Waals surface area contributed by atoms with E-state index in [-0.39, 0.29) is 17.6 Å². The van der Waals surface area contributed by atoms with Gasteiger partial charge in [-0.3, -0.25) is 10.2 Å². The van der Waals surface area contributed by atoms with Gasteiger partial charge in [-0.2, -0.15) is 5.10 Å². The Labute approximate surface area is 194 Å². The Balaban J connectivity index is 1.22. The number of likely N-dealkylation sites (tertiary alicyclic amines) is 1. The van der Waals surface area contributed by atoms with Crippen LogP contribution in [-0.2, 0) is 4.79 Å². The monoisotopic (exact) mass is 457 g/mol. The second-order valence-electron chi connectivity index (χ2n) is 8.71. The first kappa shape index (κ1) is 22.5. The molecule has 1 amide bonds. The number of hydrazine groups is 1. The second-order valence-corrected chi connectivity index (χ2v) is 9.10. The molecule has 2 fully saturated rings. The summed E-state index contributed by atoms with van der Waals surface area (Å²) in [5.74, 6) is 1.43. The summed E-state index contributed by atoms with van der Waals surface area (Å²) in [6.45, 7) is 1.55. The Bertz CT molecular complexity index is 906. The smallest absolute Gasteiger partial charge is 0.243 e. The van der Waals surface area contributed by atoms with Crippen molar-refractivity contribution in [3.63, 3.8) is 0 Å². The number of benzene rings is 1. The summed E-state index contributed by atoms with van der Waals surface area (Å²) in [6, 6.07) is 5.55. The molecule has 2 bridgehead atoms. The molecule has 4 atom stereocenters. The highest BCUT2D eigenvalue weighted by molar-refractivity contribution is 7.80. The van der Waals surface area contributed by atoms with E-state index in [1.54, 1.807) is 18.2 Å². The van der Waals surface area contributed by atoms with Gasteiger partial charge in [0.15, 0.2) is 16.6 Å². The molecule has 8 nitrogen and oxygen atoms in total. The van der Waals surface area contributed by atoms with E-state index in [2.05, 4.69) is 38.4 Å². The number of phenols is 1. The van der Waals surface area contributed by atoms with Gasteiger partial charge in [0.25, 0.3) is 0 Å². The Kier molecular flexibility index (Phi) is 7.26. The van der Waals surface area contributed by atoms with Crippen molar-refractivity contribution >= 4 is 29.5 Å². The Hall–Kier alpha value is -2.65. The van der Waals surface area contributed by atoms with Gasteiger partial charge in [0.2, 0.25) is 5.91 Å². The lowest BCUT2D eigenvalue weighted by molar-refractivity contribution is -0.125. The number of phenolic OH excluding ortho intramolecular Hbond substituents is 1. The van der Waals surface area contributed by atoms with E-state index in [1.807, 2.05) is 0 Å². The summed E-state index contributed by atoms with van der Waals surface area (Å²) in [7, 11) is 1.49. The number of carbonyl (C=O) groups excluding carboxylic acids is 1. The number of nitrogens with zero attached hydrogens (tertiary/aromatic N) is 2. The Morgan fingerprint density at radius 3 is 2.91 bits per heavy atom. The molecule has 32 heavy (non-hydrogen) atoms. The number of rotatable bonds is 6. The van der Waals surface area contributed by atoms with E-state index in [0.717, 1.165) is 32.4 Å². The highest BCUT2D eigenvalue weighted by Gasteiger charge is 2.35. The lowest BCUT2D eigenvalue weighted by Gasteiger charge is -2.27. The van der Waals surface area contributed by atoms with Crippen LogP contribution >= 0.6 is 12.2 Å². The maximum atomic E-state index is 12.6. The number of hydrazone groups is 1. The van der Waals surface area contributed by atoms with Crippen LogP contribution in [0.2, 0.25) is 0 Å². The fraction of sp³-hybridized carbons (Fsp3) is 0.522. The number of thiocarbonyl (C=S) groups is 1. The first-order chi connectivity index (χ1) is 15.5. The van der Waals surface area contributed by atoms with Gasteiger partial charge < -0.3 is 14.7 Å². The average molecular weight is 458 g/mol. The van der Waals surface area contributed by atoms with Crippen molar-refractivity contribution in [1.29, 1.82) is 0 Å². The number of carbonyl (C=O) groups is 1. The minimum Gasteiger partial charge on any atom is -0.504 e. The largest absolute Gasteiger partial charge is 0.504 e. The normalized spacial score (nSPS) is 26.8. The van der Waals surface area contributed by atoms with Crippen molar-refractivity contribution in [2.45, 2.75) is 38.1 Å². The van der Waals surface area contributed by atoms with Gasteiger partial charge in [-0.05, 0) is 68.3 Å². The number of fused-ring (bicyclic) bond motifs is 2. The predicted octanol–water partition coefficient (Wildman–Crippen LogP) is 2.30. The van der Waals surface area contributed by atoms with Gasteiger partial charge in [-0.25, -0.2) is 10.9 Å². The number of amides is 1. The topological polar surface area (TPSA) is 98.2 Å². The van der Waals surface area contributed by atoms with Gasteiger partial charge >= 0.3 is 0 Å². The van der Waals surface area contributed by atoms with Crippen molar-refractivity contribution in [1.82, 2.24) is 21.2 Å². The molecule has 0 spiro atoms. The molecular weight excluding hydrogens is 426 g/mol. The van der Waals surface area contributed by atoms with Crippen LogP contribution in [0.25, 0.3) is 0 Å². The van der Waals surface area contributed by atoms with E-state index in [9.17, 15) is 9.90 Å². The SMILES string of the molecule is COc1cccc(/C=N\NC(=O)[C@@H]2CCCN(C(=S)NN[C@H]3C[C@@H]4C=C[C@@H]3C4)CC2)c1O. The van der Waals surface area contributed by atoms with E-state index in [0.29, 0.717) is 40.7 Å². The number of ether oxygens (including phenoxy) is 1. The highest BCUT2D eigenvalue weighted by atomic mass is 32.1. The molecule has 4 N–H and O–H groups in total. The van der Waals surface area contributed by atoms with Gasteiger partial charge in [-0.1, -0.05) is 18.2 Å². The van der Waals surface area contributed by atoms with Crippen LogP contribution in [0.4, 0.5) is 0 Å². The van der Waals surface area contributed by atoms with Gasteiger partial charge in [0.1, 0.15) is 0 Å². The Morgan fingerprint density at radius 1 is 1.28 bits per heavy atom. The van der Waals surface area contributed by atoms with Crippen LogP contribution < -0.4 is 21.0 Å². The van der Waals surface area contributed by atoms with Crippen LogP contribution in [0.5, 0.6) is 11.5 Å². The lowest BCUT2D eigenvalue weighted by atomic mass is 10.0. The molecule has 3 aliphatic rings. The number of aromatic hydroxyl groups is 1. The third kappa shape index (κ3) is 5.21. The summed E-state index contributed by atoms with van der Waals surface area (Å²) in [5.41, 5.74) is 9.73. The van der Waals surface area contributed by atoms with Gasteiger partial charge in [-0.15, -0.1) is 0 Å². The molecule has 172 valence electrons. The average Bonchev–Trinajstić information content (AvgIpc) is 3.33. The molecule has 2 aliphatic carbocycles. The lowest BCUT2D eigenvalue weighted by Crippen LogP contribution is -2.51. The summed E-state index contributed by atoms with van der Waals surface area (Å²) < 4.78 is 5.08. The molecule has 1 saturated carbocycles. The zero-order valence-corrected chi connectivity index (χ0v) is 19.1. The number of hydrogen-bond acceptors (Lipinski definition) is 6.